The van der Waals surface area contributed by atoms with Crippen LogP contribution >= 0.6 is 0 Å². The van der Waals surface area contributed by atoms with Crippen molar-refractivity contribution in [3.8, 4) is 0 Å². The zero-order chi connectivity index (χ0) is 23.3. The molecular formula is C24H33N3O5. The van der Waals surface area contributed by atoms with E-state index in [1.165, 1.54) is 0 Å². The molecule has 3 N–H and O–H groups in total. The van der Waals surface area contributed by atoms with Gasteiger partial charge in [-0.05, 0) is 63.6 Å². The predicted octanol–water partition coefficient (Wildman–Crippen LogP) is 1.53. The number of hydrogen-bond donors (Lipinski definition) is 3. The Labute approximate surface area is 188 Å². The van der Waals surface area contributed by atoms with E-state index >= 15 is 0 Å². The molecule has 1 aromatic carbocycles. The van der Waals surface area contributed by atoms with Crippen LogP contribution in [0.5, 0.6) is 0 Å². The molecule has 174 valence electrons. The van der Waals surface area contributed by atoms with Gasteiger partial charge >= 0.3 is 0 Å². The first-order chi connectivity index (χ1) is 15.2. The lowest BCUT2D eigenvalue weighted by Gasteiger charge is -2.33. The van der Waals surface area contributed by atoms with Crippen LogP contribution < -0.4 is 10.6 Å². The number of aryl methyl sites for hydroxylation is 2. The van der Waals surface area contributed by atoms with Crippen LogP contribution in [0.1, 0.15) is 43.7 Å². The van der Waals surface area contributed by atoms with Gasteiger partial charge in [-0.25, -0.2) is 0 Å². The van der Waals surface area contributed by atoms with Gasteiger partial charge in [0, 0.05) is 25.9 Å². The molecule has 3 heterocycles. The second-order valence-electron chi connectivity index (χ2n) is 9.61. The number of nitrogens with zero attached hydrogens (tertiary/aromatic N) is 1. The molecule has 8 nitrogen and oxygen atoms in total. The minimum Gasteiger partial charge on any atom is -0.396 e. The molecule has 0 aromatic heterocycles. The number of likely N-dealkylation sites (tertiary alicyclic amines) is 1. The van der Waals surface area contributed by atoms with Gasteiger partial charge in [0.2, 0.25) is 17.7 Å². The Morgan fingerprint density at radius 2 is 1.97 bits per heavy atom. The molecule has 8 heteroatoms. The van der Waals surface area contributed by atoms with Crippen LogP contribution in [0.2, 0.25) is 0 Å². The van der Waals surface area contributed by atoms with E-state index in [-0.39, 0.29) is 24.3 Å². The molecule has 2 bridgehead atoms. The van der Waals surface area contributed by atoms with Crippen LogP contribution in [-0.4, -0.2) is 65.2 Å². The van der Waals surface area contributed by atoms with E-state index in [9.17, 15) is 19.5 Å². The number of anilines is 1. The van der Waals surface area contributed by atoms with E-state index in [0.29, 0.717) is 37.9 Å². The highest BCUT2D eigenvalue weighted by Crippen LogP contribution is 2.63. The SMILES string of the molecule is CNC(=O)[C@@H]1[C@H]2C(=O)N(CCCCO)C(C(=O)Nc3cc(C)ccc3C)C23CC[C@@]1(C)O3. The predicted molar refractivity (Wildman–Crippen MR) is 119 cm³/mol. The molecule has 5 atom stereocenters. The van der Waals surface area contributed by atoms with Crippen LogP contribution in [0, 0.1) is 25.7 Å². The molecule has 0 saturated carbocycles. The van der Waals surface area contributed by atoms with Crippen molar-refractivity contribution < 1.29 is 24.2 Å². The molecule has 3 aliphatic heterocycles. The standard InChI is InChI=1S/C24H33N3O5/c1-14-7-8-15(2)16(13-14)26-21(30)19-24-10-9-23(3,32-24)17(20(29)25-4)18(24)22(31)27(19)11-5-6-12-28/h7-8,13,17-19,28H,5-6,9-12H2,1-4H3,(H,25,29)(H,26,30)/t17-,18-,19?,23+,24?/m0/s1. The maximum absolute atomic E-state index is 13.7. The van der Waals surface area contributed by atoms with Crippen molar-refractivity contribution in [2.24, 2.45) is 11.8 Å². The van der Waals surface area contributed by atoms with E-state index in [2.05, 4.69) is 10.6 Å². The van der Waals surface area contributed by atoms with Crippen LogP contribution in [0.4, 0.5) is 5.69 Å². The third kappa shape index (κ3) is 3.31. The summed E-state index contributed by atoms with van der Waals surface area (Å²) >= 11 is 0. The molecule has 3 aliphatic rings. The van der Waals surface area contributed by atoms with Crippen molar-refractivity contribution in [3.63, 3.8) is 0 Å². The van der Waals surface area contributed by atoms with E-state index in [1.807, 2.05) is 39.0 Å². The lowest BCUT2D eigenvalue weighted by molar-refractivity contribution is -0.144. The van der Waals surface area contributed by atoms with Crippen LogP contribution in [0.15, 0.2) is 18.2 Å². The van der Waals surface area contributed by atoms with Gasteiger partial charge in [0.1, 0.15) is 11.6 Å². The Bertz CT molecular complexity index is 950. The summed E-state index contributed by atoms with van der Waals surface area (Å²) in [7, 11) is 1.56. The van der Waals surface area contributed by atoms with Gasteiger partial charge in [-0.3, -0.25) is 14.4 Å². The lowest BCUT2D eigenvalue weighted by Crippen LogP contribution is -2.53. The minimum absolute atomic E-state index is 0.0192. The molecule has 0 aliphatic carbocycles. The fourth-order valence-electron chi connectivity index (χ4n) is 5.99. The fourth-order valence-corrected chi connectivity index (χ4v) is 5.99. The van der Waals surface area contributed by atoms with E-state index in [1.54, 1.807) is 11.9 Å². The molecule has 32 heavy (non-hydrogen) atoms. The fraction of sp³-hybridized carbons (Fsp3) is 0.625. The molecule has 3 amide bonds. The first-order valence-electron chi connectivity index (χ1n) is 11.4. The van der Waals surface area contributed by atoms with Gasteiger partial charge in [0.05, 0.1) is 17.4 Å². The number of unbranched alkanes of at least 4 members (excludes halogenated alkanes) is 1. The van der Waals surface area contributed by atoms with E-state index in [4.69, 9.17) is 4.74 Å². The summed E-state index contributed by atoms with van der Waals surface area (Å²) in [6.07, 6.45) is 2.27. The van der Waals surface area contributed by atoms with Crippen molar-refractivity contribution in [3.05, 3.63) is 29.3 Å². The number of amides is 3. The summed E-state index contributed by atoms with van der Waals surface area (Å²) in [4.78, 5) is 41.8. The Morgan fingerprint density at radius 3 is 2.66 bits per heavy atom. The Kier molecular flexibility index (Phi) is 5.79. The molecule has 4 rings (SSSR count). The topological polar surface area (TPSA) is 108 Å². The van der Waals surface area contributed by atoms with Gasteiger partial charge in [-0.1, -0.05) is 12.1 Å². The molecule has 3 saturated heterocycles. The second-order valence-corrected chi connectivity index (χ2v) is 9.61. The van der Waals surface area contributed by atoms with E-state index < -0.39 is 29.1 Å². The quantitative estimate of drug-likeness (QED) is 0.554. The number of hydrogen-bond acceptors (Lipinski definition) is 5. The van der Waals surface area contributed by atoms with Crippen molar-refractivity contribution in [1.82, 2.24) is 10.2 Å². The summed E-state index contributed by atoms with van der Waals surface area (Å²) in [6, 6.07) is 5.02. The van der Waals surface area contributed by atoms with Crippen molar-refractivity contribution in [2.75, 3.05) is 25.5 Å². The minimum atomic E-state index is -1.02. The summed E-state index contributed by atoms with van der Waals surface area (Å²) in [5, 5.41) is 14.9. The van der Waals surface area contributed by atoms with Crippen molar-refractivity contribution in [2.45, 2.75) is 63.7 Å². The number of benzene rings is 1. The number of rotatable bonds is 7. The average molecular weight is 444 g/mol. The highest BCUT2D eigenvalue weighted by Gasteiger charge is 2.77. The van der Waals surface area contributed by atoms with Gasteiger partial charge in [-0.2, -0.15) is 0 Å². The van der Waals surface area contributed by atoms with Gasteiger partial charge in [-0.15, -0.1) is 0 Å². The largest absolute Gasteiger partial charge is 0.396 e. The second kappa shape index (κ2) is 8.15. The molecule has 1 spiro atoms. The Balaban J connectivity index is 1.72. The molecule has 1 aromatic rings. The third-order valence-corrected chi connectivity index (χ3v) is 7.51. The van der Waals surface area contributed by atoms with Gasteiger partial charge in [0.25, 0.3) is 0 Å². The monoisotopic (exact) mass is 443 g/mol. The van der Waals surface area contributed by atoms with Gasteiger partial charge < -0.3 is 25.4 Å². The third-order valence-electron chi connectivity index (χ3n) is 7.51. The normalized spacial score (nSPS) is 32.8. The number of carbonyl (C=O) groups is 3. The van der Waals surface area contributed by atoms with Crippen molar-refractivity contribution in [1.29, 1.82) is 0 Å². The summed E-state index contributed by atoms with van der Waals surface area (Å²) < 4.78 is 6.51. The van der Waals surface area contributed by atoms with Crippen LogP contribution in [0.25, 0.3) is 0 Å². The van der Waals surface area contributed by atoms with Crippen LogP contribution in [0.3, 0.4) is 0 Å². The Morgan fingerprint density at radius 1 is 1.22 bits per heavy atom. The number of ether oxygens (including phenoxy) is 1. The van der Waals surface area contributed by atoms with E-state index in [0.717, 1.165) is 11.1 Å². The maximum atomic E-state index is 13.7. The zero-order valence-corrected chi connectivity index (χ0v) is 19.2. The highest BCUT2D eigenvalue weighted by molar-refractivity contribution is 6.04. The number of carbonyl (C=O) groups excluding carboxylic acids is 3. The number of aliphatic hydroxyl groups excluding tert-OH is 1. The lowest BCUT2D eigenvalue weighted by atomic mass is 9.66. The Hall–Kier alpha value is -2.45. The highest BCUT2D eigenvalue weighted by atomic mass is 16.5. The summed E-state index contributed by atoms with van der Waals surface area (Å²) in [5.74, 6) is -2.04. The number of nitrogens with one attached hydrogen (secondary N) is 2. The molecular weight excluding hydrogens is 410 g/mol. The molecule has 0 radical (unpaired) electrons. The van der Waals surface area contributed by atoms with Crippen LogP contribution in [-0.2, 0) is 19.1 Å². The maximum Gasteiger partial charge on any atom is 0.250 e. The molecule has 3 fully saturated rings. The first kappa shape index (κ1) is 22.7. The van der Waals surface area contributed by atoms with Crippen molar-refractivity contribution >= 4 is 23.4 Å². The number of aliphatic hydroxyl groups is 1. The smallest absolute Gasteiger partial charge is 0.250 e. The number of fused-ring (bicyclic) bond motifs is 1. The summed E-state index contributed by atoms with van der Waals surface area (Å²) in [5.41, 5.74) is 0.870. The van der Waals surface area contributed by atoms with Gasteiger partial charge in [0.15, 0.2) is 0 Å². The summed E-state index contributed by atoms with van der Waals surface area (Å²) in [6.45, 7) is 6.12. The molecule has 2 unspecified atom stereocenters. The zero-order valence-electron chi connectivity index (χ0n) is 19.2. The first-order valence-corrected chi connectivity index (χ1v) is 11.4. The average Bonchev–Trinajstić information content (AvgIpc) is 3.31.